The average Bonchev–Trinajstić information content (AvgIpc) is 3.20. The first-order valence-electron chi connectivity index (χ1n) is 12.8. The minimum atomic E-state index is -2.90. The van der Waals surface area contributed by atoms with Gasteiger partial charge in [-0.05, 0) is 57.1 Å². The van der Waals surface area contributed by atoms with Crippen molar-refractivity contribution in [2.24, 2.45) is 11.7 Å². The number of carbonyl (C=O) groups excluding carboxylic acids is 2. The number of nitrogens with zero attached hydrogens (tertiary/aromatic N) is 2. The number of benzene rings is 1. The maximum atomic E-state index is 14.8. The molecule has 0 bridgehead atoms. The van der Waals surface area contributed by atoms with Crippen molar-refractivity contribution in [1.82, 2.24) is 9.80 Å². The number of amides is 2. The van der Waals surface area contributed by atoms with E-state index in [0.717, 1.165) is 30.6 Å². The van der Waals surface area contributed by atoms with Gasteiger partial charge in [-0.3, -0.25) is 4.79 Å². The number of hydrogen-bond donors (Lipinski definition) is 1. The van der Waals surface area contributed by atoms with Crippen LogP contribution < -0.4 is 10.5 Å². The Morgan fingerprint density at radius 2 is 1.81 bits per heavy atom. The fourth-order valence-corrected chi connectivity index (χ4v) is 4.75. The molecule has 0 aromatic heterocycles. The van der Waals surface area contributed by atoms with Crippen molar-refractivity contribution in [3.8, 4) is 5.75 Å². The SMILES string of the molecule is CC(C)OC(=O)N1CCC(CCCOc2ccc([C@H](C)[C@H](N)C(=O)N3CCC(F)(F)C3)c(F)c2)CC1.Cl. The van der Waals surface area contributed by atoms with Gasteiger partial charge in [-0.2, -0.15) is 0 Å². The summed E-state index contributed by atoms with van der Waals surface area (Å²) >= 11 is 0. The van der Waals surface area contributed by atoms with Gasteiger partial charge in [0.2, 0.25) is 5.91 Å². The Kier molecular flexibility index (Phi) is 11.4. The molecule has 2 N–H and O–H groups in total. The number of likely N-dealkylation sites (tertiary alicyclic amines) is 2. The Bertz CT molecular complexity index is 913. The lowest BCUT2D eigenvalue weighted by Gasteiger charge is -2.31. The summed E-state index contributed by atoms with van der Waals surface area (Å²) in [6, 6.07) is 3.33. The number of piperidine rings is 1. The second-order valence-electron chi connectivity index (χ2n) is 10.2. The van der Waals surface area contributed by atoms with Gasteiger partial charge in [0.15, 0.2) is 0 Å². The highest BCUT2D eigenvalue weighted by molar-refractivity contribution is 5.85. The zero-order valence-electron chi connectivity index (χ0n) is 21.8. The van der Waals surface area contributed by atoms with Crippen LogP contribution in [-0.2, 0) is 9.53 Å². The fraction of sp³-hybridized carbons (Fsp3) is 0.692. The fourth-order valence-electron chi connectivity index (χ4n) is 4.75. The van der Waals surface area contributed by atoms with Gasteiger partial charge in [-0.15, -0.1) is 12.4 Å². The van der Waals surface area contributed by atoms with Gasteiger partial charge >= 0.3 is 6.09 Å². The highest BCUT2D eigenvalue weighted by Crippen LogP contribution is 2.30. The molecule has 0 radical (unpaired) electrons. The number of ether oxygens (including phenoxy) is 2. The smallest absolute Gasteiger partial charge is 0.410 e. The molecular formula is C26H39ClF3N3O4. The number of rotatable bonds is 9. The van der Waals surface area contributed by atoms with E-state index in [1.54, 1.807) is 17.9 Å². The Morgan fingerprint density at radius 1 is 1.14 bits per heavy atom. The Hall–Kier alpha value is -2.20. The predicted octanol–water partition coefficient (Wildman–Crippen LogP) is 4.96. The maximum absolute atomic E-state index is 14.8. The number of alkyl halides is 2. The third-order valence-corrected chi connectivity index (χ3v) is 7.00. The summed E-state index contributed by atoms with van der Waals surface area (Å²) in [6.07, 6.45) is 2.84. The van der Waals surface area contributed by atoms with Crippen LogP contribution in [0.25, 0.3) is 0 Å². The van der Waals surface area contributed by atoms with Gasteiger partial charge in [0.05, 0.1) is 25.3 Å². The molecule has 0 aliphatic carbocycles. The van der Waals surface area contributed by atoms with Gasteiger partial charge in [0.25, 0.3) is 5.92 Å². The van der Waals surface area contributed by atoms with Crippen LogP contribution in [0.1, 0.15) is 64.4 Å². The number of halogens is 4. The summed E-state index contributed by atoms with van der Waals surface area (Å²) in [7, 11) is 0. The van der Waals surface area contributed by atoms with E-state index in [9.17, 15) is 22.8 Å². The standard InChI is InChI=1S/C26H38F3N3O4.ClH/c1-17(2)36-25(34)31-11-8-19(9-12-31)5-4-14-35-20-6-7-21(22(27)15-20)18(3)23(30)24(33)32-13-10-26(28,29)16-32;/h6-7,15,17-19,23H,4-5,8-14,16,30H2,1-3H3;1H/t18-,23-;/m0./s1. The van der Waals surface area contributed by atoms with Crippen molar-refractivity contribution in [2.45, 2.75) is 76.9 Å². The van der Waals surface area contributed by atoms with Crippen LogP contribution in [0.5, 0.6) is 5.75 Å². The van der Waals surface area contributed by atoms with Crippen molar-refractivity contribution in [2.75, 3.05) is 32.8 Å². The van der Waals surface area contributed by atoms with Crippen LogP contribution in [0.4, 0.5) is 18.0 Å². The highest BCUT2D eigenvalue weighted by atomic mass is 35.5. The lowest BCUT2D eigenvalue weighted by molar-refractivity contribution is -0.133. The monoisotopic (exact) mass is 549 g/mol. The summed E-state index contributed by atoms with van der Waals surface area (Å²) < 4.78 is 52.6. The van der Waals surface area contributed by atoms with E-state index in [1.165, 1.54) is 12.1 Å². The van der Waals surface area contributed by atoms with E-state index in [1.807, 2.05) is 13.8 Å². The van der Waals surface area contributed by atoms with Crippen LogP contribution in [0, 0.1) is 11.7 Å². The lowest BCUT2D eigenvalue weighted by atomic mass is 9.92. The van der Waals surface area contributed by atoms with Gasteiger partial charge in [-0.1, -0.05) is 13.0 Å². The molecule has 7 nitrogen and oxygen atoms in total. The second-order valence-corrected chi connectivity index (χ2v) is 10.2. The van der Waals surface area contributed by atoms with Crippen molar-refractivity contribution in [1.29, 1.82) is 0 Å². The summed E-state index contributed by atoms with van der Waals surface area (Å²) in [5.41, 5.74) is 6.27. The second kappa shape index (κ2) is 13.6. The quantitative estimate of drug-likeness (QED) is 0.440. The van der Waals surface area contributed by atoms with Gasteiger partial charge in [-0.25, -0.2) is 18.0 Å². The molecule has 0 spiro atoms. The normalized spacial score (nSPS) is 19.4. The number of carbonyl (C=O) groups is 2. The minimum Gasteiger partial charge on any atom is -0.493 e. The summed E-state index contributed by atoms with van der Waals surface area (Å²) in [5, 5.41) is 0. The van der Waals surface area contributed by atoms with Crippen LogP contribution in [0.15, 0.2) is 18.2 Å². The molecule has 2 heterocycles. The Labute approximate surface area is 223 Å². The van der Waals surface area contributed by atoms with Crippen LogP contribution in [0.3, 0.4) is 0 Å². The predicted molar refractivity (Wildman–Crippen MR) is 137 cm³/mol. The zero-order valence-corrected chi connectivity index (χ0v) is 22.6. The third kappa shape index (κ3) is 8.67. The lowest BCUT2D eigenvalue weighted by Crippen LogP contribution is -2.46. The van der Waals surface area contributed by atoms with Crippen molar-refractivity contribution < 1.29 is 32.2 Å². The van der Waals surface area contributed by atoms with E-state index in [0.29, 0.717) is 31.4 Å². The van der Waals surface area contributed by atoms with E-state index in [4.69, 9.17) is 15.2 Å². The summed E-state index contributed by atoms with van der Waals surface area (Å²) in [6.45, 7) is 6.40. The molecule has 2 saturated heterocycles. The molecule has 2 atom stereocenters. The number of nitrogens with two attached hydrogens (primary N) is 1. The summed E-state index contributed by atoms with van der Waals surface area (Å²) in [4.78, 5) is 27.3. The van der Waals surface area contributed by atoms with Crippen molar-refractivity contribution in [3.05, 3.63) is 29.6 Å². The van der Waals surface area contributed by atoms with Gasteiger partial charge < -0.3 is 25.0 Å². The number of hydrogen-bond acceptors (Lipinski definition) is 5. The molecule has 1 aromatic rings. The maximum Gasteiger partial charge on any atom is 0.410 e. The molecule has 11 heteroatoms. The average molecular weight is 550 g/mol. The van der Waals surface area contributed by atoms with Crippen molar-refractivity contribution >= 4 is 24.4 Å². The molecule has 1 aromatic carbocycles. The molecule has 2 aliphatic rings. The van der Waals surface area contributed by atoms with Crippen LogP contribution in [-0.4, -0.2) is 72.7 Å². The van der Waals surface area contributed by atoms with E-state index >= 15 is 0 Å². The molecule has 2 aliphatic heterocycles. The van der Waals surface area contributed by atoms with E-state index in [2.05, 4.69) is 0 Å². The molecule has 0 unspecified atom stereocenters. The molecule has 0 saturated carbocycles. The first-order chi connectivity index (χ1) is 17.0. The first-order valence-corrected chi connectivity index (χ1v) is 12.8. The van der Waals surface area contributed by atoms with Gasteiger partial charge in [0, 0.05) is 38.0 Å². The van der Waals surface area contributed by atoms with E-state index < -0.39 is 36.2 Å². The molecule has 37 heavy (non-hydrogen) atoms. The topological polar surface area (TPSA) is 85.1 Å². The van der Waals surface area contributed by atoms with E-state index in [-0.39, 0.29) is 43.1 Å². The molecule has 2 amide bonds. The minimum absolute atomic E-state index is 0. The molecule has 210 valence electrons. The van der Waals surface area contributed by atoms with Gasteiger partial charge in [0.1, 0.15) is 11.6 Å². The molecular weight excluding hydrogens is 511 g/mol. The molecule has 2 fully saturated rings. The van der Waals surface area contributed by atoms with Crippen LogP contribution in [0.2, 0.25) is 0 Å². The molecule has 3 rings (SSSR count). The van der Waals surface area contributed by atoms with Crippen molar-refractivity contribution in [3.63, 3.8) is 0 Å². The highest BCUT2D eigenvalue weighted by Gasteiger charge is 2.42. The zero-order chi connectivity index (χ0) is 26.5. The summed E-state index contributed by atoms with van der Waals surface area (Å²) in [5.74, 6) is -3.83. The van der Waals surface area contributed by atoms with Crippen LogP contribution >= 0.6 is 12.4 Å². The Balaban J connectivity index is 0.00000481. The third-order valence-electron chi connectivity index (χ3n) is 7.00. The Morgan fingerprint density at radius 3 is 2.38 bits per heavy atom. The first kappa shape index (κ1) is 31.0. The largest absolute Gasteiger partial charge is 0.493 e.